The Kier molecular flexibility index (Phi) is 3.38. The van der Waals surface area contributed by atoms with Crippen molar-refractivity contribution in [2.75, 3.05) is 0 Å². The Balaban J connectivity index is 2.16. The summed E-state index contributed by atoms with van der Waals surface area (Å²) in [7, 11) is 0. The van der Waals surface area contributed by atoms with Gasteiger partial charge in [0.15, 0.2) is 5.69 Å². The van der Waals surface area contributed by atoms with E-state index < -0.39 is 5.97 Å². The van der Waals surface area contributed by atoms with Crippen molar-refractivity contribution >= 4 is 21.9 Å². The molecule has 1 aliphatic carbocycles. The van der Waals surface area contributed by atoms with Gasteiger partial charge in [-0.3, -0.25) is 4.68 Å². The molecule has 0 aliphatic heterocycles. The molecule has 0 amide bonds. The van der Waals surface area contributed by atoms with Gasteiger partial charge >= 0.3 is 5.97 Å². The van der Waals surface area contributed by atoms with E-state index in [4.69, 9.17) is 0 Å². The molecule has 0 unspecified atom stereocenters. The fraction of sp³-hybridized carbons (Fsp3) is 0.333. The van der Waals surface area contributed by atoms with Crippen molar-refractivity contribution in [1.29, 1.82) is 0 Å². The molecule has 1 N–H and O–H groups in total. The van der Waals surface area contributed by atoms with E-state index in [0.29, 0.717) is 11.0 Å². The number of carboxylic acid groups (broad SMARTS) is 1. The summed E-state index contributed by atoms with van der Waals surface area (Å²) >= 11 is 3.40. The minimum Gasteiger partial charge on any atom is -0.476 e. The van der Waals surface area contributed by atoms with Crippen LogP contribution < -0.4 is 0 Å². The molecule has 0 saturated carbocycles. The molecular weight excluding hydrogens is 320 g/mol. The molecule has 3 rings (SSSR count). The average molecular weight is 335 g/mol. The first-order valence-corrected chi connectivity index (χ1v) is 7.53. The zero-order valence-electron chi connectivity index (χ0n) is 11.2. The van der Waals surface area contributed by atoms with Crippen LogP contribution in [-0.4, -0.2) is 20.9 Å². The molecule has 0 saturated heterocycles. The van der Waals surface area contributed by atoms with Crippen molar-refractivity contribution in [2.24, 2.45) is 0 Å². The van der Waals surface area contributed by atoms with E-state index in [1.54, 1.807) is 4.68 Å². The van der Waals surface area contributed by atoms with Crippen LogP contribution >= 0.6 is 15.9 Å². The summed E-state index contributed by atoms with van der Waals surface area (Å²) in [5, 5.41) is 13.4. The maximum Gasteiger partial charge on any atom is 0.357 e. The molecule has 0 bridgehead atoms. The fourth-order valence-electron chi connectivity index (χ4n) is 2.80. The van der Waals surface area contributed by atoms with Crippen LogP contribution in [-0.2, 0) is 19.4 Å². The Labute approximate surface area is 125 Å². The fourth-order valence-corrected chi connectivity index (χ4v) is 3.48. The summed E-state index contributed by atoms with van der Waals surface area (Å²) in [5.41, 5.74) is 4.72. The number of nitrogens with zero attached hydrogens (tertiary/aromatic N) is 2. The Bertz CT molecular complexity index is 691. The van der Waals surface area contributed by atoms with Crippen molar-refractivity contribution in [3.63, 3.8) is 0 Å². The second-order valence-corrected chi connectivity index (χ2v) is 5.76. The van der Waals surface area contributed by atoms with E-state index in [1.165, 1.54) is 17.5 Å². The average Bonchev–Trinajstić information content (AvgIpc) is 3.01. The smallest absolute Gasteiger partial charge is 0.357 e. The number of aryl methyl sites for hydroxylation is 3. The third-order valence-electron chi connectivity index (χ3n) is 3.77. The van der Waals surface area contributed by atoms with Gasteiger partial charge in [0.05, 0.1) is 10.2 Å². The van der Waals surface area contributed by atoms with Crippen molar-refractivity contribution in [1.82, 2.24) is 9.78 Å². The second kappa shape index (κ2) is 5.05. The van der Waals surface area contributed by atoms with E-state index in [0.717, 1.165) is 24.1 Å². The molecule has 4 nitrogen and oxygen atoms in total. The molecule has 20 heavy (non-hydrogen) atoms. The van der Waals surface area contributed by atoms with Crippen LogP contribution in [0.25, 0.3) is 11.3 Å². The number of aromatic carboxylic acids is 1. The summed E-state index contributed by atoms with van der Waals surface area (Å²) in [5.74, 6) is -1.01. The predicted molar refractivity (Wildman–Crippen MR) is 80.0 cm³/mol. The van der Waals surface area contributed by atoms with E-state index in [1.807, 2.05) is 6.92 Å². The molecule has 1 aromatic carbocycles. The maximum atomic E-state index is 11.2. The number of benzene rings is 1. The van der Waals surface area contributed by atoms with Crippen LogP contribution in [0.5, 0.6) is 0 Å². The quantitative estimate of drug-likeness (QED) is 0.934. The molecular formula is C15H15BrN2O2. The second-order valence-electron chi connectivity index (χ2n) is 4.97. The molecule has 1 aromatic heterocycles. The highest BCUT2D eigenvalue weighted by molar-refractivity contribution is 9.10. The molecule has 0 radical (unpaired) electrons. The van der Waals surface area contributed by atoms with Crippen molar-refractivity contribution in [3.8, 4) is 11.3 Å². The number of carbonyl (C=O) groups is 1. The topological polar surface area (TPSA) is 55.1 Å². The van der Waals surface area contributed by atoms with E-state index in [9.17, 15) is 9.90 Å². The number of halogens is 1. The van der Waals surface area contributed by atoms with Gasteiger partial charge < -0.3 is 5.11 Å². The SMILES string of the molecule is CCn1nc(C(=O)O)c(Br)c1-c1ccc2c(c1)CCC2. The Morgan fingerprint density at radius 1 is 1.40 bits per heavy atom. The molecule has 104 valence electrons. The van der Waals surface area contributed by atoms with Crippen molar-refractivity contribution < 1.29 is 9.90 Å². The largest absolute Gasteiger partial charge is 0.476 e. The zero-order chi connectivity index (χ0) is 14.3. The van der Waals surface area contributed by atoms with E-state index >= 15 is 0 Å². The van der Waals surface area contributed by atoms with Gasteiger partial charge in [0, 0.05) is 12.1 Å². The molecule has 2 aromatic rings. The van der Waals surface area contributed by atoms with Crippen LogP contribution in [0.3, 0.4) is 0 Å². The highest BCUT2D eigenvalue weighted by atomic mass is 79.9. The first kappa shape index (κ1) is 13.4. The first-order valence-electron chi connectivity index (χ1n) is 6.73. The van der Waals surface area contributed by atoms with Crippen LogP contribution in [0, 0.1) is 0 Å². The lowest BCUT2D eigenvalue weighted by Crippen LogP contribution is -2.02. The lowest BCUT2D eigenvalue weighted by molar-refractivity contribution is 0.0688. The Hall–Kier alpha value is -1.62. The van der Waals surface area contributed by atoms with Crippen LogP contribution in [0.1, 0.15) is 35.0 Å². The van der Waals surface area contributed by atoms with E-state index in [-0.39, 0.29) is 5.69 Å². The highest BCUT2D eigenvalue weighted by Crippen LogP contribution is 2.34. The third kappa shape index (κ3) is 2.06. The van der Waals surface area contributed by atoms with E-state index in [2.05, 4.69) is 39.2 Å². The third-order valence-corrected chi connectivity index (χ3v) is 4.52. The van der Waals surface area contributed by atoms with Gasteiger partial charge in [0.2, 0.25) is 0 Å². The predicted octanol–water partition coefficient (Wildman–Crippen LogP) is 3.52. The maximum absolute atomic E-state index is 11.2. The summed E-state index contributed by atoms with van der Waals surface area (Å²) in [6, 6.07) is 6.38. The number of fused-ring (bicyclic) bond motifs is 1. The monoisotopic (exact) mass is 334 g/mol. The van der Waals surface area contributed by atoms with Gasteiger partial charge in [0.25, 0.3) is 0 Å². The summed E-state index contributed by atoms with van der Waals surface area (Å²) < 4.78 is 2.30. The van der Waals surface area contributed by atoms with Gasteiger partial charge in [-0.05, 0) is 59.3 Å². The van der Waals surface area contributed by atoms with Gasteiger partial charge in [0.1, 0.15) is 0 Å². The summed E-state index contributed by atoms with van der Waals surface area (Å²) in [6.07, 6.45) is 3.45. The number of carboxylic acids is 1. The molecule has 1 aliphatic rings. The number of hydrogen-bond donors (Lipinski definition) is 1. The highest BCUT2D eigenvalue weighted by Gasteiger charge is 2.22. The number of rotatable bonds is 3. The van der Waals surface area contributed by atoms with Gasteiger partial charge in [-0.15, -0.1) is 0 Å². The normalized spacial score (nSPS) is 13.5. The van der Waals surface area contributed by atoms with Crippen molar-refractivity contribution in [3.05, 3.63) is 39.5 Å². The molecule has 5 heteroatoms. The van der Waals surface area contributed by atoms with Gasteiger partial charge in [-0.1, -0.05) is 12.1 Å². The molecule has 0 fully saturated rings. The lowest BCUT2D eigenvalue weighted by atomic mass is 10.0. The minimum absolute atomic E-state index is 0.0716. The minimum atomic E-state index is -1.01. The lowest BCUT2D eigenvalue weighted by Gasteiger charge is -2.08. The zero-order valence-corrected chi connectivity index (χ0v) is 12.8. The van der Waals surface area contributed by atoms with Crippen LogP contribution in [0.15, 0.2) is 22.7 Å². The van der Waals surface area contributed by atoms with Gasteiger partial charge in [-0.2, -0.15) is 5.10 Å². The van der Waals surface area contributed by atoms with Crippen LogP contribution in [0.2, 0.25) is 0 Å². The Morgan fingerprint density at radius 2 is 2.15 bits per heavy atom. The number of aromatic nitrogens is 2. The van der Waals surface area contributed by atoms with Crippen LogP contribution in [0.4, 0.5) is 0 Å². The standard InChI is InChI=1S/C15H15BrN2O2/c1-2-18-14(12(16)13(17-18)15(19)20)11-7-6-9-4-3-5-10(9)8-11/h6-8H,2-5H2,1H3,(H,19,20). The summed E-state index contributed by atoms with van der Waals surface area (Å²) in [6.45, 7) is 2.60. The molecule has 1 heterocycles. The Morgan fingerprint density at radius 3 is 2.85 bits per heavy atom. The van der Waals surface area contributed by atoms with Crippen molar-refractivity contribution in [2.45, 2.75) is 32.7 Å². The first-order chi connectivity index (χ1) is 9.61. The molecule has 0 atom stereocenters. The summed E-state index contributed by atoms with van der Waals surface area (Å²) in [4.78, 5) is 11.2. The number of hydrogen-bond acceptors (Lipinski definition) is 2. The van der Waals surface area contributed by atoms with Gasteiger partial charge in [-0.25, -0.2) is 4.79 Å². The molecule has 0 spiro atoms.